The van der Waals surface area contributed by atoms with Crippen molar-refractivity contribution >= 4 is 34.4 Å². The van der Waals surface area contributed by atoms with Gasteiger partial charge in [0.25, 0.3) is 5.91 Å². The second kappa shape index (κ2) is 6.56. The Balaban J connectivity index is 1.83. The zero-order valence-corrected chi connectivity index (χ0v) is 13.9. The van der Waals surface area contributed by atoms with Gasteiger partial charge in [-0.05, 0) is 49.8 Å². The predicted molar refractivity (Wildman–Crippen MR) is 96.6 cm³/mol. The summed E-state index contributed by atoms with van der Waals surface area (Å²) in [6.45, 7) is 7.28. The molecule has 0 atom stereocenters. The Bertz CT molecular complexity index is 973. The van der Waals surface area contributed by atoms with Gasteiger partial charge in [-0.3, -0.25) is 9.59 Å². The number of anilines is 2. The van der Waals surface area contributed by atoms with Crippen molar-refractivity contribution in [3.63, 3.8) is 0 Å². The number of amides is 2. The van der Waals surface area contributed by atoms with Crippen molar-refractivity contribution in [2.75, 3.05) is 10.6 Å². The quantitative estimate of drug-likeness (QED) is 0.638. The Morgan fingerprint density at radius 2 is 1.84 bits per heavy atom. The van der Waals surface area contributed by atoms with E-state index in [0.29, 0.717) is 22.7 Å². The lowest BCUT2D eigenvalue weighted by Crippen LogP contribution is -2.14. The van der Waals surface area contributed by atoms with Crippen LogP contribution in [0.2, 0.25) is 0 Å². The summed E-state index contributed by atoms with van der Waals surface area (Å²) >= 11 is 0. The topological polar surface area (TPSA) is 99.8 Å². The molecule has 2 aromatic heterocycles. The van der Waals surface area contributed by atoms with Crippen LogP contribution in [-0.2, 0) is 4.79 Å². The van der Waals surface area contributed by atoms with Crippen molar-refractivity contribution in [3.8, 4) is 0 Å². The van der Waals surface area contributed by atoms with Crippen LogP contribution < -0.4 is 10.6 Å². The molecule has 0 saturated heterocycles. The minimum Gasteiger partial charge on any atom is -0.343 e. The highest BCUT2D eigenvalue weighted by Gasteiger charge is 2.14. The maximum absolute atomic E-state index is 12.5. The van der Waals surface area contributed by atoms with Gasteiger partial charge in [0.1, 0.15) is 17.8 Å². The van der Waals surface area contributed by atoms with E-state index in [1.54, 1.807) is 24.3 Å². The number of aromatic amines is 1. The molecule has 25 heavy (non-hydrogen) atoms. The largest absolute Gasteiger partial charge is 0.343 e. The summed E-state index contributed by atoms with van der Waals surface area (Å²) in [6.07, 6.45) is 2.59. The standard InChI is InChI=1S/C18H17N5O2/c1-4-14(24)22-13-7-5-12(6-8-13)18(25)23-17-15-10(2)11(3)21-16(15)19-9-20-17/h4-9H,1H2,2-3H3,(H,22,24)(H2,19,20,21,23,25). The van der Waals surface area contributed by atoms with Gasteiger partial charge in [0.15, 0.2) is 0 Å². The fourth-order valence-corrected chi connectivity index (χ4v) is 2.47. The van der Waals surface area contributed by atoms with Crippen molar-refractivity contribution in [1.29, 1.82) is 0 Å². The second-order valence-corrected chi connectivity index (χ2v) is 5.55. The van der Waals surface area contributed by atoms with Crippen LogP contribution in [0.1, 0.15) is 21.6 Å². The number of hydrogen-bond acceptors (Lipinski definition) is 4. The van der Waals surface area contributed by atoms with Gasteiger partial charge < -0.3 is 15.6 Å². The first kappa shape index (κ1) is 16.4. The smallest absolute Gasteiger partial charge is 0.256 e. The summed E-state index contributed by atoms with van der Waals surface area (Å²) in [5.41, 5.74) is 3.70. The van der Waals surface area contributed by atoms with Gasteiger partial charge in [0.05, 0.1) is 5.39 Å². The summed E-state index contributed by atoms with van der Waals surface area (Å²) in [4.78, 5) is 35.3. The Hall–Kier alpha value is -3.48. The summed E-state index contributed by atoms with van der Waals surface area (Å²) < 4.78 is 0. The van der Waals surface area contributed by atoms with E-state index in [2.05, 4.69) is 32.2 Å². The average molecular weight is 335 g/mol. The average Bonchev–Trinajstić information content (AvgIpc) is 2.90. The van der Waals surface area contributed by atoms with E-state index in [-0.39, 0.29) is 11.8 Å². The second-order valence-electron chi connectivity index (χ2n) is 5.55. The van der Waals surface area contributed by atoms with E-state index >= 15 is 0 Å². The summed E-state index contributed by atoms with van der Waals surface area (Å²) in [5, 5.41) is 6.24. The first-order valence-corrected chi connectivity index (χ1v) is 7.64. The fraction of sp³-hybridized carbons (Fsp3) is 0.111. The normalized spacial score (nSPS) is 10.5. The number of benzene rings is 1. The number of fused-ring (bicyclic) bond motifs is 1. The molecule has 1 aromatic carbocycles. The van der Waals surface area contributed by atoms with E-state index in [1.807, 2.05) is 13.8 Å². The third kappa shape index (κ3) is 3.25. The first-order valence-electron chi connectivity index (χ1n) is 7.64. The van der Waals surface area contributed by atoms with Crippen LogP contribution in [0.3, 0.4) is 0 Å². The molecule has 0 aliphatic carbocycles. The summed E-state index contributed by atoms with van der Waals surface area (Å²) in [6, 6.07) is 6.55. The number of nitrogens with zero attached hydrogens (tertiary/aromatic N) is 2. The van der Waals surface area contributed by atoms with Crippen molar-refractivity contribution in [2.24, 2.45) is 0 Å². The highest BCUT2D eigenvalue weighted by atomic mass is 16.2. The number of rotatable bonds is 4. The van der Waals surface area contributed by atoms with Crippen LogP contribution in [0.5, 0.6) is 0 Å². The lowest BCUT2D eigenvalue weighted by atomic mass is 10.1. The van der Waals surface area contributed by atoms with Crippen LogP contribution in [0.4, 0.5) is 11.5 Å². The molecule has 0 saturated carbocycles. The maximum Gasteiger partial charge on any atom is 0.256 e. The Morgan fingerprint density at radius 1 is 1.12 bits per heavy atom. The van der Waals surface area contributed by atoms with Crippen molar-refractivity contribution < 1.29 is 9.59 Å². The highest BCUT2D eigenvalue weighted by molar-refractivity contribution is 6.08. The van der Waals surface area contributed by atoms with Crippen molar-refractivity contribution in [2.45, 2.75) is 13.8 Å². The number of H-pyrrole nitrogens is 1. The van der Waals surface area contributed by atoms with E-state index in [0.717, 1.165) is 16.6 Å². The predicted octanol–water partition coefficient (Wildman–Crippen LogP) is 2.95. The Kier molecular flexibility index (Phi) is 4.30. The number of aryl methyl sites for hydroxylation is 2. The van der Waals surface area contributed by atoms with Crippen LogP contribution in [0, 0.1) is 13.8 Å². The van der Waals surface area contributed by atoms with Crippen LogP contribution in [0.15, 0.2) is 43.2 Å². The number of carbonyl (C=O) groups is 2. The first-order chi connectivity index (χ1) is 12.0. The molecule has 0 radical (unpaired) electrons. The third-order valence-corrected chi connectivity index (χ3v) is 3.92. The van der Waals surface area contributed by atoms with Crippen molar-refractivity contribution in [1.82, 2.24) is 15.0 Å². The zero-order chi connectivity index (χ0) is 18.0. The molecule has 0 unspecified atom stereocenters. The van der Waals surface area contributed by atoms with E-state index < -0.39 is 0 Å². The number of nitrogens with one attached hydrogen (secondary N) is 3. The molecule has 2 amide bonds. The highest BCUT2D eigenvalue weighted by Crippen LogP contribution is 2.25. The molecular weight excluding hydrogens is 318 g/mol. The molecule has 0 bridgehead atoms. The summed E-state index contributed by atoms with van der Waals surface area (Å²) in [7, 11) is 0. The molecule has 7 nitrogen and oxygen atoms in total. The summed E-state index contributed by atoms with van der Waals surface area (Å²) in [5.74, 6) is -0.139. The molecule has 0 aliphatic heterocycles. The minimum atomic E-state index is -0.307. The van der Waals surface area contributed by atoms with Gasteiger partial charge in [-0.15, -0.1) is 0 Å². The van der Waals surface area contributed by atoms with E-state index in [9.17, 15) is 9.59 Å². The van der Waals surface area contributed by atoms with Gasteiger partial charge in [-0.2, -0.15) is 0 Å². The monoisotopic (exact) mass is 335 g/mol. The molecule has 0 fully saturated rings. The molecular formula is C18H17N5O2. The van der Waals surface area contributed by atoms with Gasteiger partial charge in [-0.1, -0.05) is 6.58 Å². The molecule has 3 aromatic rings. The van der Waals surface area contributed by atoms with Crippen LogP contribution >= 0.6 is 0 Å². The van der Waals surface area contributed by atoms with Crippen molar-refractivity contribution in [3.05, 3.63) is 60.1 Å². The number of hydrogen-bond donors (Lipinski definition) is 3. The molecule has 7 heteroatoms. The van der Waals surface area contributed by atoms with E-state index in [4.69, 9.17) is 0 Å². The van der Waals surface area contributed by atoms with Gasteiger partial charge in [0.2, 0.25) is 5.91 Å². The lowest BCUT2D eigenvalue weighted by molar-refractivity contribution is -0.111. The molecule has 2 heterocycles. The Labute approximate surface area is 144 Å². The van der Waals surface area contributed by atoms with Crippen LogP contribution in [-0.4, -0.2) is 26.8 Å². The SMILES string of the molecule is C=CC(=O)Nc1ccc(C(=O)Nc2ncnc3[nH]c(C)c(C)c23)cc1. The molecule has 3 N–H and O–H groups in total. The minimum absolute atomic E-state index is 0.292. The maximum atomic E-state index is 12.5. The lowest BCUT2D eigenvalue weighted by Gasteiger charge is -2.07. The molecule has 0 aliphatic rings. The number of aromatic nitrogens is 3. The van der Waals surface area contributed by atoms with Gasteiger partial charge in [0, 0.05) is 16.9 Å². The zero-order valence-electron chi connectivity index (χ0n) is 13.9. The number of carbonyl (C=O) groups excluding carboxylic acids is 2. The fourth-order valence-electron chi connectivity index (χ4n) is 2.47. The van der Waals surface area contributed by atoms with Gasteiger partial charge >= 0.3 is 0 Å². The molecule has 3 rings (SSSR count). The van der Waals surface area contributed by atoms with Crippen LogP contribution in [0.25, 0.3) is 11.0 Å². The van der Waals surface area contributed by atoms with E-state index in [1.165, 1.54) is 12.4 Å². The molecule has 0 spiro atoms. The Morgan fingerprint density at radius 3 is 2.52 bits per heavy atom. The third-order valence-electron chi connectivity index (χ3n) is 3.92. The van der Waals surface area contributed by atoms with Gasteiger partial charge in [-0.25, -0.2) is 9.97 Å². The molecule has 126 valence electrons.